The van der Waals surface area contributed by atoms with Gasteiger partial charge in [-0.2, -0.15) is 18.3 Å². The van der Waals surface area contributed by atoms with Gasteiger partial charge in [0, 0.05) is 22.8 Å². The van der Waals surface area contributed by atoms with E-state index in [9.17, 15) is 18.0 Å². The van der Waals surface area contributed by atoms with E-state index in [2.05, 4.69) is 20.5 Å². The van der Waals surface area contributed by atoms with Crippen LogP contribution in [0.4, 0.5) is 18.9 Å². The van der Waals surface area contributed by atoms with Gasteiger partial charge < -0.3 is 5.32 Å². The summed E-state index contributed by atoms with van der Waals surface area (Å²) in [6.45, 7) is 0. The van der Waals surface area contributed by atoms with Crippen molar-refractivity contribution < 1.29 is 18.0 Å². The number of amides is 1. The predicted molar refractivity (Wildman–Crippen MR) is 74.0 cm³/mol. The number of alkyl halides is 3. The molecule has 0 aliphatic heterocycles. The van der Waals surface area contributed by atoms with Crippen molar-refractivity contribution in [1.29, 1.82) is 0 Å². The Bertz CT molecular complexity index is 841. The van der Waals surface area contributed by atoms with E-state index in [0.29, 0.717) is 28.7 Å². The van der Waals surface area contributed by atoms with Crippen molar-refractivity contribution in [2.75, 3.05) is 5.32 Å². The molecule has 3 aromatic rings. The van der Waals surface area contributed by atoms with Crippen LogP contribution in [0.5, 0.6) is 0 Å². The second-order valence-corrected chi connectivity index (χ2v) is 4.52. The van der Waals surface area contributed by atoms with Gasteiger partial charge in [-0.15, -0.1) is 0 Å². The van der Waals surface area contributed by atoms with E-state index in [1.54, 1.807) is 18.2 Å². The third-order valence-electron chi connectivity index (χ3n) is 3.11. The van der Waals surface area contributed by atoms with Gasteiger partial charge in [-0.05, 0) is 30.3 Å². The number of pyridine rings is 1. The Labute approximate surface area is 122 Å². The van der Waals surface area contributed by atoms with Crippen molar-refractivity contribution in [2.45, 2.75) is 6.18 Å². The summed E-state index contributed by atoms with van der Waals surface area (Å²) in [6, 6.07) is 7.37. The first-order valence-corrected chi connectivity index (χ1v) is 6.21. The summed E-state index contributed by atoms with van der Waals surface area (Å²) in [6.07, 6.45) is -2.91. The van der Waals surface area contributed by atoms with Gasteiger partial charge in [-0.25, -0.2) is 0 Å². The molecule has 2 N–H and O–H groups in total. The number of benzene rings is 1. The molecule has 22 heavy (non-hydrogen) atoms. The van der Waals surface area contributed by atoms with Gasteiger partial charge in [-0.3, -0.25) is 14.9 Å². The molecular formula is C14H9F3N4O. The monoisotopic (exact) mass is 306 g/mol. The van der Waals surface area contributed by atoms with Crippen LogP contribution in [0.3, 0.4) is 0 Å². The first-order valence-electron chi connectivity index (χ1n) is 6.21. The number of carbonyl (C=O) groups is 1. The minimum absolute atomic E-state index is 0.289. The number of halogens is 3. The van der Waals surface area contributed by atoms with Gasteiger partial charge in [0.2, 0.25) is 6.41 Å². The lowest BCUT2D eigenvalue weighted by Crippen LogP contribution is -2.07. The number of hydrogen-bond donors (Lipinski definition) is 2. The highest BCUT2D eigenvalue weighted by molar-refractivity contribution is 5.95. The molecular weight excluding hydrogens is 297 g/mol. The van der Waals surface area contributed by atoms with Crippen molar-refractivity contribution >= 4 is 23.0 Å². The molecule has 2 aromatic heterocycles. The summed E-state index contributed by atoms with van der Waals surface area (Å²) < 4.78 is 38.2. The maximum Gasteiger partial charge on any atom is 0.433 e. The lowest BCUT2D eigenvalue weighted by molar-refractivity contribution is -0.141. The minimum atomic E-state index is -4.52. The van der Waals surface area contributed by atoms with Crippen LogP contribution in [-0.4, -0.2) is 21.6 Å². The molecule has 5 nitrogen and oxygen atoms in total. The van der Waals surface area contributed by atoms with Crippen LogP contribution in [-0.2, 0) is 11.0 Å². The third-order valence-corrected chi connectivity index (χ3v) is 3.11. The second kappa shape index (κ2) is 5.14. The number of fused-ring (bicyclic) bond motifs is 1. The van der Waals surface area contributed by atoms with Crippen molar-refractivity contribution in [3.63, 3.8) is 0 Å². The number of H-pyrrole nitrogens is 1. The zero-order valence-electron chi connectivity index (χ0n) is 11.0. The molecule has 0 radical (unpaired) electrons. The number of nitrogens with one attached hydrogen (secondary N) is 2. The smallest absolute Gasteiger partial charge is 0.329 e. The van der Waals surface area contributed by atoms with Crippen molar-refractivity contribution in [2.24, 2.45) is 0 Å². The summed E-state index contributed by atoms with van der Waals surface area (Å²) >= 11 is 0. The molecule has 2 heterocycles. The number of rotatable bonds is 3. The van der Waals surface area contributed by atoms with Crippen LogP contribution >= 0.6 is 0 Å². The number of hydrogen-bond acceptors (Lipinski definition) is 3. The Kier molecular flexibility index (Phi) is 3.28. The highest BCUT2D eigenvalue weighted by Gasteiger charge is 2.32. The highest BCUT2D eigenvalue weighted by Crippen LogP contribution is 2.32. The molecule has 1 aromatic carbocycles. The molecule has 0 unspecified atom stereocenters. The molecule has 0 aliphatic carbocycles. The van der Waals surface area contributed by atoms with Crippen LogP contribution < -0.4 is 5.32 Å². The third kappa shape index (κ3) is 2.50. The summed E-state index contributed by atoms with van der Waals surface area (Å²) in [5, 5.41) is 9.89. The molecule has 0 bridgehead atoms. The molecule has 0 aliphatic rings. The van der Waals surface area contributed by atoms with Crippen LogP contribution in [0.25, 0.3) is 22.2 Å². The first kappa shape index (κ1) is 14.1. The number of aromatic amines is 1. The fourth-order valence-electron chi connectivity index (χ4n) is 2.12. The number of aromatic nitrogens is 3. The van der Waals surface area contributed by atoms with Crippen LogP contribution in [0, 0.1) is 0 Å². The molecule has 3 rings (SSSR count). The van der Waals surface area contributed by atoms with Crippen LogP contribution in [0.2, 0.25) is 0 Å². The molecule has 0 fully saturated rings. The van der Waals surface area contributed by atoms with E-state index >= 15 is 0 Å². The van der Waals surface area contributed by atoms with E-state index in [1.165, 1.54) is 6.07 Å². The summed E-state index contributed by atoms with van der Waals surface area (Å²) in [5.74, 6) is 0. The Morgan fingerprint density at radius 1 is 1.18 bits per heavy atom. The van der Waals surface area contributed by atoms with E-state index in [4.69, 9.17) is 0 Å². The topological polar surface area (TPSA) is 70.7 Å². The van der Waals surface area contributed by atoms with E-state index in [0.717, 1.165) is 12.3 Å². The van der Waals surface area contributed by atoms with Gasteiger partial charge in [0.1, 0.15) is 11.4 Å². The van der Waals surface area contributed by atoms with E-state index in [1.807, 2.05) is 0 Å². The minimum Gasteiger partial charge on any atom is -0.329 e. The quantitative estimate of drug-likeness (QED) is 0.730. The SMILES string of the molecule is O=CNc1ccc2[nH]nc(-c3ccnc(C(F)(F)F)c3)c2c1. The predicted octanol–water partition coefficient (Wildman–Crippen LogP) is 3.21. The van der Waals surface area contributed by atoms with Gasteiger partial charge >= 0.3 is 6.18 Å². The normalized spacial score (nSPS) is 11.6. The molecule has 0 spiro atoms. The Balaban J connectivity index is 2.13. The zero-order chi connectivity index (χ0) is 15.7. The van der Waals surface area contributed by atoms with Crippen molar-refractivity contribution in [3.8, 4) is 11.3 Å². The molecule has 0 atom stereocenters. The lowest BCUT2D eigenvalue weighted by atomic mass is 10.1. The zero-order valence-corrected chi connectivity index (χ0v) is 11.0. The van der Waals surface area contributed by atoms with Crippen LogP contribution in [0.15, 0.2) is 36.5 Å². The van der Waals surface area contributed by atoms with Gasteiger partial charge in [-0.1, -0.05) is 0 Å². The first-order chi connectivity index (χ1) is 10.5. The van der Waals surface area contributed by atoms with Gasteiger partial charge in [0.05, 0.1) is 5.52 Å². The largest absolute Gasteiger partial charge is 0.433 e. The number of anilines is 1. The summed E-state index contributed by atoms with van der Waals surface area (Å²) in [4.78, 5) is 13.8. The molecule has 1 amide bonds. The van der Waals surface area contributed by atoms with Gasteiger partial charge in [0.25, 0.3) is 0 Å². The molecule has 8 heteroatoms. The number of nitrogens with zero attached hydrogens (tertiary/aromatic N) is 2. The maximum absolute atomic E-state index is 12.7. The second-order valence-electron chi connectivity index (χ2n) is 4.52. The Hall–Kier alpha value is -2.90. The van der Waals surface area contributed by atoms with Crippen LogP contribution in [0.1, 0.15) is 5.69 Å². The standard InChI is InChI=1S/C14H9F3N4O/c15-14(16,17)12-5-8(3-4-18-12)13-10-6-9(19-7-22)1-2-11(10)20-21-13/h1-7H,(H,19,22)(H,20,21). The van der Waals surface area contributed by atoms with E-state index in [-0.39, 0.29) is 5.56 Å². The van der Waals surface area contributed by atoms with Crippen molar-refractivity contribution in [3.05, 3.63) is 42.2 Å². The fourth-order valence-corrected chi connectivity index (χ4v) is 2.12. The summed E-state index contributed by atoms with van der Waals surface area (Å²) in [5.41, 5.74) is 0.838. The lowest BCUT2D eigenvalue weighted by Gasteiger charge is -2.06. The molecule has 0 saturated heterocycles. The molecule has 0 saturated carbocycles. The van der Waals surface area contributed by atoms with Gasteiger partial charge in [0.15, 0.2) is 0 Å². The highest BCUT2D eigenvalue weighted by atomic mass is 19.4. The van der Waals surface area contributed by atoms with E-state index < -0.39 is 11.9 Å². The van der Waals surface area contributed by atoms with Crippen molar-refractivity contribution in [1.82, 2.24) is 15.2 Å². The fraction of sp³-hybridized carbons (Fsp3) is 0.0714. The molecule has 112 valence electrons. The maximum atomic E-state index is 12.7. The average Bonchev–Trinajstić information content (AvgIpc) is 2.90. The Morgan fingerprint density at radius 2 is 2.00 bits per heavy atom. The number of carbonyl (C=O) groups excluding carboxylic acids is 1. The Morgan fingerprint density at radius 3 is 2.73 bits per heavy atom. The average molecular weight is 306 g/mol. The summed E-state index contributed by atoms with van der Waals surface area (Å²) in [7, 11) is 0.